The fourth-order valence-electron chi connectivity index (χ4n) is 3.34. The molecular weight excluding hydrogens is 476 g/mol. The predicted octanol–water partition coefficient (Wildman–Crippen LogP) is 6.27. The first kappa shape index (κ1) is 24.8. The van der Waals surface area contributed by atoms with E-state index in [4.69, 9.17) is 25.8 Å². The average molecular weight is 501 g/mol. The van der Waals surface area contributed by atoms with E-state index < -0.39 is 0 Å². The Bertz CT molecular complexity index is 1330. The highest BCUT2D eigenvalue weighted by Gasteiger charge is 2.11. The molecule has 6 nitrogen and oxygen atoms in total. The molecule has 0 unspecified atom stereocenters. The first-order valence-corrected chi connectivity index (χ1v) is 11.6. The summed E-state index contributed by atoms with van der Waals surface area (Å²) in [6.07, 6.45) is 1.51. The molecule has 1 amide bonds. The van der Waals surface area contributed by atoms with Gasteiger partial charge in [0.05, 0.1) is 18.3 Å². The third-order valence-electron chi connectivity index (χ3n) is 5.24. The summed E-state index contributed by atoms with van der Waals surface area (Å²) in [5.74, 6) is 1.20. The van der Waals surface area contributed by atoms with Crippen LogP contribution in [-0.2, 0) is 13.2 Å². The number of benzene rings is 4. The van der Waals surface area contributed by atoms with Crippen LogP contribution < -0.4 is 19.6 Å². The van der Waals surface area contributed by atoms with Crippen molar-refractivity contribution < 1.29 is 19.0 Å². The molecular formula is C29H25ClN2O4. The van der Waals surface area contributed by atoms with E-state index in [0.29, 0.717) is 41.0 Å². The maximum absolute atomic E-state index is 12.6. The fourth-order valence-corrected chi connectivity index (χ4v) is 3.59. The van der Waals surface area contributed by atoms with Crippen LogP contribution in [0, 0.1) is 0 Å². The molecule has 182 valence electrons. The molecule has 0 spiro atoms. The van der Waals surface area contributed by atoms with E-state index in [1.807, 2.05) is 66.7 Å². The zero-order chi connectivity index (χ0) is 25.2. The lowest BCUT2D eigenvalue weighted by Gasteiger charge is -2.12. The van der Waals surface area contributed by atoms with Gasteiger partial charge < -0.3 is 14.2 Å². The molecule has 4 aromatic carbocycles. The molecule has 4 aromatic rings. The number of halogens is 1. The highest BCUT2D eigenvalue weighted by molar-refractivity contribution is 6.32. The fraction of sp³-hybridized carbons (Fsp3) is 0.103. The van der Waals surface area contributed by atoms with Crippen molar-refractivity contribution in [2.75, 3.05) is 7.11 Å². The Hall–Kier alpha value is -4.29. The number of carbonyl (C=O) groups is 1. The molecule has 0 radical (unpaired) electrons. The summed E-state index contributed by atoms with van der Waals surface area (Å²) >= 11 is 6.35. The smallest absolute Gasteiger partial charge is 0.271 e. The van der Waals surface area contributed by atoms with Crippen molar-refractivity contribution in [1.29, 1.82) is 0 Å². The minimum absolute atomic E-state index is 0.381. The second-order valence-electron chi connectivity index (χ2n) is 7.80. The Morgan fingerprint density at radius 3 is 2.03 bits per heavy atom. The van der Waals surface area contributed by atoms with Gasteiger partial charge in [-0.25, -0.2) is 5.43 Å². The number of nitrogens with zero attached hydrogens (tertiary/aromatic N) is 1. The van der Waals surface area contributed by atoms with Crippen molar-refractivity contribution in [1.82, 2.24) is 5.43 Å². The van der Waals surface area contributed by atoms with Crippen molar-refractivity contribution in [2.24, 2.45) is 5.10 Å². The highest BCUT2D eigenvalue weighted by atomic mass is 35.5. The molecule has 0 saturated carbocycles. The van der Waals surface area contributed by atoms with Crippen molar-refractivity contribution in [3.8, 4) is 17.2 Å². The molecule has 0 aliphatic heterocycles. The molecule has 0 bridgehead atoms. The third kappa shape index (κ3) is 6.87. The molecule has 0 aliphatic carbocycles. The van der Waals surface area contributed by atoms with Gasteiger partial charge in [-0.1, -0.05) is 72.3 Å². The molecule has 0 heterocycles. The molecule has 4 rings (SSSR count). The molecule has 0 saturated heterocycles. The molecule has 0 atom stereocenters. The predicted molar refractivity (Wildman–Crippen MR) is 141 cm³/mol. The highest BCUT2D eigenvalue weighted by Crippen LogP contribution is 2.29. The van der Waals surface area contributed by atoms with Gasteiger partial charge in [-0.3, -0.25) is 4.79 Å². The van der Waals surface area contributed by atoms with Crippen molar-refractivity contribution in [3.05, 3.63) is 124 Å². The van der Waals surface area contributed by atoms with Crippen LogP contribution in [0.1, 0.15) is 27.0 Å². The topological polar surface area (TPSA) is 69.2 Å². The molecule has 36 heavy (non-hydrogen) atoms. The van der Waals surface area contributed by atoms with E-state index in [-0.39, 0.29) is 5.91 Å². The molecule has 0 fully saturated rings. The third-order valence-corrected chi connectivity index (χ3v) is 5.53. The Morgan fingerprint density at radius 2 is 1.42 bits per heavy atom. The van der Waals surface area contributed by atoms with E-state index >= 15 is 0 Å². The summed E-state index contributed by atoms with van der Waals surface area (Å²) in [5, 5.41) is 4.50. The Kier molecular flexibility index (Phi) is 8.57. The molecule has 7 heteroatoms. The minimum Gasteiger partial charge on any atom is -0.493 e. The van der Waals surface area contributed by atoms with Crippen LogP contribution >= 0.6 is 11.6 Å². The second-order valence-corrected chi connectivity index (χ2v) is 8.21. The molecule has 0 aliphatic rings. The second kappa shape index (κ2) is 12.4. The number of methoxy groups -OCH3 is 1. The average Bonchev–Trinajstić information content (AvgIpc) is 2.92. The summed E-state index contributed by atoms with van der Waals surface area (Å²) in [7, 11) is 1.53. The standard InChI is InChI=1S/C29H25ClN2O4/c1-34-28-17-24(13-15-27(28)36-20-22-10-6-3-7-11-22)29(33)32-31-18-23-12-14-26(25(30)16-23)35-19-21-8-4-2-5-9-21/h2-18H,19-20H2,1H3,(H,32,33)/b31-18+. The zero-order valence-corrected chi connectivity index (χ0v) is 20.4. The molecule has 0 aromatic heterocycles. The first-order chi connectivity index (χ1) is 17.6. The Morgan fingerprint density at radius 1 is 0.806 bits per heavy atom. The number of hydrazone groups is 1. The first-order valence-electron chi connectivity index (χ1n) is 11.3. The monoisotopic (exact) mass is 500 g/mol. The van der Waals surface area contributed by atoms with Crippen LogP contribution in [0.15, 0.2) is 102 Å². The van der Waals surface area contributed by atoms with E-state index in [1.54, 1.807) is 30.3 Å². The van der Waals surface area contributed by atoms with E-state index in [0.717, 1.165) is 16.7 Å². The van der Waals surface area contributed by atoms with Crippen LogP contribution in [0.2, 0.25) is 5.02 Å². The number of hydrogen-bond donors (Lipinski definition) is 1. The van der Waals surface area contributed by atoms with Gasteiger partial charge in [0.15, 0.2) is 11.5 Å². The van der Waals surface area contributed by atoms with Crippen LogP contribution in [0.5, 0.6) is 17.2 Å². The van der Waals surface area contributed by atoms with Gasteiger partial charge >= 0.3 is 0 Å². The van der Waals surface area contributed by atoms with Gasteiger partial charge in [-0.05, 0) is 53.1 Å². The Balaban J connectivity index is 1.33. The summed E-state index contributed by atoms with van der Waals surface area (Å²) in [6, 6.07) is 29.9. The molecule has 1 N–H and O–H groups in total. The lowest BCUT2D eigenvalue weighted by Crippen LogP contribution is -2.17. The van der Waals surface area contributed by atoms with E-state index in [9.17, 15) is 4.79 Å². The summed E-state index contributed by atoms with van der Waals surface area (Å²) < 4.78 is 17.0. The quantitative estimate of drug-likeness (QED) is 0.206. The summed E-state index contributed by atoms with van der Waals surface area (Å²) in [6.45, 7) is 0.815. The van der Waals surface area contributed by atoms with E-state index in [1.165, 1.54) is 13.3 Å². The van der Waals surface area contributed by atoms with Crippen LogP contribution in [0.25, 0.3) is 0 Å². The van der Waals surface area contributed by atoms with Gasteiger partial charge in [0.1, 0.15) is 19.0 Å². The number of ether oxygens (including phenoxy) is 3. The van der Waals surface area contributed by atoms with E-state index in [2.05, 4.69) is 10.5 Å². The van der Waals surface area contributed by atoms with Gasteiger partial charge in [0.2, 0.25) is 0 Å². The van der Waals surface area contributed by atoms with Crippen molar-refractivity contribution >= 4 is 23.7 Å². The lowest BCUT2D eigenvalue weighted by atomic mass is 10.2. The largest absolute Gasteiger partial charge is 0.493 e. The van der Waals surface area contributed by atoms with Crippen molar-refractivity contribution in [2.45, 2.75) is 13.2 Å². The number of nitrogens with one attached hydrogen (secondary N) is 1. The van der Waals surface area contributed by atoms with Gasteiger partial charge in [0.25, 0.3) is 5.91 Å². The number of amides is 1. The summed E-state index contributed by atoms with van der Waals surface area (Å²) in [4.78, 5) is 12.6. The maximum atomic E-state index is 12.6. The summed E-state index contributed by atoms with van der Waals surface area (Å²) in [5.41, 5.74) is 5.71. The van der Waals surface area contributed by atoms with Crippen molar-refractivity contribution in [3.63, 3.8) is 0 Å². The van der Waals surface area contributed by atoms with Crippen LogP contribution in [-0.4, -0.2) is 19.2 Å². The number of carbonyl (C=O) groups excluding carboxylic acids is 1. The van der Waals surface area contributed by atoms with Gasteiger partial charge in [-0.2, -0.15) is 5.10 Å². The number of hydrogen-bond acceptors (Lipinski definition) is 5. The van der Waals surface area contributed by atoms with Gasteiger partial charge in [-0.15, -0.1) is 0 Å². The Labute approximate surface area is 215 Å². The number of rotatable bonds is 10. The van der Waals surface area contributed by atoms with Gasteiger partial charge in [0, 0.05) is 5.56 Å². The lowest BCUT2D eigenvalue weighted by molar-refractivity contribution is 0.0954. The normalized spacial score (nSPS) is 10.7. The van der Waals surface area contributed by atoms with Crippen LogP contribution in [0.3, 0.4) is 0 Å². The van der Waals surface area contributed by atoms with Crippen LogP contribution in [0.4, 0.5) is 0 Å². The maximum Gasteiger partial charge on any atom is 0.271 e. The SMILES string of the molecule is COc1cc(C(=O)N/N=C/c2ccc(OCc3ccccc3)c(Cl)c2)ccc1OCc1ccccc1. The minimum atomic E-state index is -0.381. The zero-order valence-electron chi connectivity index (χ0n) is 19.7.